The van der Waals surface area contributed by atoms with Crippen LogP contribution in [-0.2, 0) is 4.79 Å². The second-order valence-corrected chi connectivity index (χ2v) is 9.80. The number of nitriles is 1. The van der Waals surface area contributed by atoms with Crippen LogP contribution in [0.25, 0.3) is 22.2 Å². The minimum Gasteiger partial charge on any atom is -0.336 e. The number of nitrogens with zero attached hydrogens (tertiary/aromatic N) is 2. The maximum atomic E-state index is 12.9. The van der Waals surface area contributed by atoms with Crippen LogP contribution in [0.5, 0.6) is 0 Å². The summed E-state index contributed by atoms with van der Waals surface area (Å²) in [5, 5.41) is 10.6. The molecule has 1 aliphatic rings. The Balaban J connectivity index is 1.96. The molecule has 1 aliphatic carbocycles. The van der Waals surface area contributed by atoms with E-state index in [0.29, 0.717) is 17.9 Å². The van der Waals surface area contributed by atoms with Gasteiger partial charge in [-0.15, -0.1) is 0 Å². The molecular formula is C27H30N2O2. The monoisotopic (exact) mass is 414 g/mol. The van der Waals surface area contributed by atoms with Crippen molar-refractivity contribution >= 4 is 16.9 Å². The van der Waals surface area contributed by atoms with Gasteiger partial charge in [0.15, 0.2) is 0 Å². The average molecular weight is 415 g/mol. The largest absolute Gasteiger partial charge is 0.336 e. The van der Waals surface area contributed by atoms with Crippen LogP contribution in [0.4, 0.5) is 0 Å². The second-order valence-electron chi connectivity index (χ2n) is 9.80. The van der Waals surface area contributed by atoms with Crippen LogP contribution in [0.2, 0.25) is 0 Å². The van der Waals surface area contributed by atoms with E-state index in [0.717, 1.165) is 35.0 Å². The van der Waals surface area contributed by atoms with Gasteiger partial charge in [-0.3, -0.25) is 0 Å². The minimum atomic E-state index is -0.265. The van der Waals surface area contributed by atoms with E-state index in [9.17, 15) is 10.1 Å². The quantitative estimate of drug-likeness (QED) is 0.482. The van der Waals surface area contributed by atoms with Gasteiger partial charge in [0.1, 0.15) is 0 Å². The third-order valence-corrected chi connectivity index (χ3v) is 6.02. The average Bonchev–Trinajstić information content (AvgIpc) is 3.06. The first-order valence-corrected chi connectivity index (χ1v) is 11.2. The molecule has 0 atom stereocenters. The zero-order valence-electron chi connectivity index (χ0n) is 18.6. The maximum Gasteiger partial charge on any atom is 0.333 e. The lowest BCUT2D eigenvalue weighted by Crippen LogP contribution is -2.25. The molecular weight excluding hydrogens is 384 g/mol. The lowest BCUT2D eigenvalue weighted by molar-refractivity contribution is -0.145. The molecule has 0 spiro atoms. The molecule has 0 saturated heterocycles. The zero-order chi connectivity index (χ0) is 22.0. The fraction of sp³-hybridized carbons (Fsp3) is 0.407. The molecule has 1 heterocycles. The van der Waals surface area contributed by atoms with Crippen LogP contribution >= 0.6 is 0 Å². The molecule has 2 aromatic carbocycles. The molecule has 1 fully saturated rings. The zero-order valence-corrected chi connectivity index (χ0v) is 18.6. The molecule has 4 heteroatoms. The third kappa shape index (κ3) is 4.51. The predicted molar refractivity (Wildman–Crippen MR) is 124 cm³/mol. The third-order valence-electron chi connectivity index (χ3n) is 6.02. The summed E-state index contributed by atoms with van der Waals surface area (Å²) in [5.41, 5.74) is 4.40. The van der Waals surface area contributed by atoms with Crippen molar-refractivity contribution in [3.63, 3.8) is 0 Å². The molecule has 160 valence electrons. The van der Waals surface area contributed by atoms with E-state index in [1.165, 1.54) is 24.8 Å². The van der Waals surface area contributed by atoms with Gasteiger partial charge < -0.3 is 4.84 Å². The number of rotatable bonds is 4. The standard InChI is InChI=1S/C27H30N2O2/c1-27(2,3)17-24(30)31-29-23-16-19(18-28)14-15-22(23)25(20-10-6-4-7-11-20)26(29)21-12-8-5-9-13-21/h5,8-9,12-16,20H,4,6-7,10-11,17H2,1-3H3. The van der Waals surface area contributed by atoms with Crippen molar-refractivity contribution in [1.82, 2.24) is 4.73 Å². The lowest BCUT2D eigenvalue weighted by atomic mass is 9.82. The molecule has 1 aromatic heterocycles. The van der Waals surface area contributed by atoms with Gasteiger partial charge in [0.05, 0.1) is 29.3 Å². The number of fused-ring (bicyclic) bond motifs is 1. The molecule has 1 saturated carbocycles. The Hall–Kier alpha value is -3.06. The van der Waals surface area contributed by atoms with E-state index in [-0.39, 0.29) is 11.4 Å². The molecule has 4 rings (SSSR count). The molecule has 0 aliphatic heterocycles. The summed E-state index contributed by atoms with van der Waals surface area (Å²) in [4.78, 5) is 18.9. The van der Waals surface area contributed by atoms with Crippen molar-refractivity contribution < 1.29 is 9.63 Å². The van der Waals surface area contributed by atoms with Crippen molar-refractivity contribution in [3.05, 3.63) is 59.7 Å². The van der Waals surface area contributed by atoms with E-state index in [4.69, 9.17) is 4.84 Å². The smallest absolute Gasteiger partial charge is 0.333 e. The second kappa shape index (κ2) is 8.59. The van der Waals surface area contributed by atoms with E-state index < -0.39 is 0 Å². The van der Waals surface area contributed by atoms with E-state index in [1.807, 2.05) is 57.2 Å². The van der Waals surface area contributed by atoms with Gasteiger partial charge in [0, 0.05) is 10.9 Å². The van der Waals surface area contributed by atoms with Gasteiger partial charge >= 0.3 is 5.97 Å². The highest BCUT2D eigenvalue weighted by atomic mass is 16.7. The molecule has 0 radical (unpaired) electrons. The van der Waals surface area contributed by atoms with Crippen molar-refractivity contribution in [3.8, 4) is 17.3 Å². The van der Waals surface area contributed by atoms with E-state index in [1.54, 1.807) is 4.73 Å². The van der Waals surface area contributed by atoms with Crippen molar-refractivity contribution in [2.24, 2.45) is 5.41 Å². The molecule has 0 unspecified atom stereocenters. The Morgan fingerprint density at radius 1 is 1.10 bits per heavy atom. The van der Waals surface area contributed by atoms with Gasteiger partial charge in [0.25, 0.3) is 0 Å². The summed E-state index contributed by atoms with van der Waals surface area (Å²) in [6.45, 7) is 6.09. The molecule has 4 nitrogen and oxygen atoms in total. The number of hydrogen-bond acceptors (Lipinski definition) is 3. The summed E-state index contributed by atoms with van der Waals surface area (Å²) in [5.74, 6) is 0.154. The van der Waals surface area contributed by atoms with Crippen LogP contribution in [0.3, 0.4) is 0 Å². The maximum absolute atomic E-state index is 12.9. The number of aromatic nitrogens is 1. The van der Waals surface area contributed by atoms with Crippen LogP contribution < -0.4 is 4.84 Å². The Morgan fingerprint density at radius 2 is 1.81 bits per heavy atom. The minimum absolute atomic E-state index is 0.170. The fourth-order valence-electron chi connectivity index (χ4n) is 4.69. The fourth-order valence-corrected chi connectivity index (χ4v) is 4.69. The van der Waals surface area contributed by atoms with Crippen molar-refractivity contribution in [2.75, 3.05) is 0 Å². The first-order valence-electron chi connectivity index (χ1n) is 11.2. The SMILES string of the molecule is CC(C)(C)CC(=O)On1c(-c2ccccc2)c(C2CCCCC2)c2ccc(C#N)cc21. The number of carbonyl (C=O) groups excluding carboxylic acids is 1. The summed E-state index contributed by atoms with van der Waals surface area (Å²) < 4.78 is 1.70. The molecule has 31 heavy (non-hydrogen) atoms. The van der Waals surface area contributed by atoms with Crippen LogP contribution in [0.15, 0.2) is 48.5 Å². The molecule has 0 N–H and O–H groups in total. The highest BCUT2D eigenvalue weighted by molar-refractivity contribution is 5.93. The number of hydrogen-bond donors (Lipinski definition) is 0. The van der Waals surface area contributed by atoms with Crippen molar-refractivity contribution in [1.29, 1.82) is 5.26 Å². The molecule has 3 aromatic rings. The van der Waals surface area contributed by atoms with Gasteiger partial charge in [-0.05, 0) is 41.9 Å². The highest BCUT2D eigenvalue weighted by Crippen LogP contribution is 2.44. The normalized spacial score (nSPS) is 15.0. The van der Waals surface area contributed by atoms with E-state index >= 15 is 0 Å². The Kier molecular flexibility index (Phi) is 5.87. The van der Waals surface area contributed by atoms with Gasteiger partial charge in [-0.1, -0.05) is 76.4 Å². The van der Waals surface area contributed by atoms with Crippen LogP contribution in [0, 0.1) is 16.7 Å². The Bertz CT molecular complexity index is 1120. The highest BCUT2D eigenvalue weighted by Gasteiger charge is 2.29. The lowest BCUT2D eigenvalue weighted by Gasteiger charge is -2.23. The van der Waals surface area contributed by atoms with Gasteiger partial charge in [-0.25, -0.2) is 4.79 Å². The van der Waals surface area contributed by atoms with E-state index in [2.05, 4.69) is 18.2 Å². The van der Waals surface area contributed by atoms with Crippen LogP contribution in [0.1, 0.15) is 76.3 Å². The first-order chi connectivity index (χ1) is 14.9. The molecule has 0 bridgehead atoms. The summed E-state index contributed by atoms with van der Waals surface area (Å²) >= 11 is 0. The van der Waals surface area contributed by atoms with Gasteiger partial charge in [0.2, 0.25) is 0 Å². The van der Waals surface area contributed by atoms with Crippen LogP contribution in [-0.4, -0.2) is 10.7 Å². The van der Waals surface area contributed by atoms with Crippen molar-refractivity contribution in [2.45, 2.75) is 65.2 Å². The number of carbonyl (C=O) groups is 1. The Labute approximate surface area is 184 Å². The topological polar surface area (TPSA) is 55.0 Å². The number of benzene rings is 2. The predicted octanol–water partition coefficient (Wildman–Crippen LogP) is 6.62. The summed E-state index contributed by atoms with van der Waals surface area (Å²) in [6, 6.07) is 18.1. The first kappa shape index (κ1) is 21.2. The Morgan fingerprint density at radius 3 is 2.45 bits per heavy atom. The summed E-state index contributed by atoms with van der Waals surface area (Å²) in [6.07, 6.45) is 6.29. The molecule has 0 amide bonds. The van der Waals surface area contributed by atoms with Gasteiger partial charge in [-0.2, -0.15) is 9.99 Å². The summed E-state index contributed by atoms with van der Waals surface area (Å²) in [7, 11) is 0.